The van der Waals surface area contributed by atoms with Crippen molar-refractivity contribution in [3.63, 3.8) is 0 Å². The average Bonchev–Trinajstić information content (AvgIpc) is 3.06. The first-order chi connectivity index (χ1) is 11.7. The van der Waals surface area contributed by atoms with Gasteiger partial charge in [0.1, 0.15) is 6.26 Å². The van der Waals surface area contributed by atoms with Crippen molar-refractivity contribution < 1.29 is 14.3 Å². The van der Waals surface area contributed by atoms with Crippen LogP contribution in [0.15, 0.2) is 53.3 Å². The standard InChI is InChI=1S/C19H24N2O3/c22-18(16-5-2-1-3-6-16)7-11-20-9-4-10-21(13-12-20)19(23)17-8-14-24-15-17/h1-3,5-6,8,14-15,18,22H,4,7,9-13H2/t18-/m0/s1. The van der Waals surface area contributed by atoms with E-state index in [0.29, 0.717) is 18.5 Å². The summed E-state index contributed by atoms with van der Waals surface area (Å²) in [6.45, 7) is 4.11. The SMILES string of the molecule is O=C(c1ccoc1)N1CCCN(CC[C@H](O)c2ccccc2)CC1. The third-order valence-electron chi connectivity index (χ3n) is 4.55. The molecule has 2 aromatic rings. The fraction of sp³-hybridized carbons (Fsp3) is 0.421. The molecule has 1 aromatic heterocycles. The number of carbonyl (C=O) groups is 1. The minimum absolute atomic E-state index is 0.0370. The van der Waals surface area contributed by atoms with Gasteiger partial charge in [-0.15, -0.1) is 0 Å². The van der Waals surface area contributed by atoms with Crippen LogP contribution in [0.25, 0.3) is 0 Å². The summed E-state index contributed by atoms with van der Waals surface area (Å²) in [4.78, 5) is 16.6. The molecule has 0 bridgehead atoms. The predicted octanol–water partition coefficient (Wildman–Crippen LogP) is 2.55. The van der Waals surface area contributed by atoms with E-state index < -0.39 is 6.10 Å². The molecule has 1 N–H and O–H groups in total. The first-order valence-corrected chi connectivity index (χ1v) is 8.51. The number of amides is 1. The van der Waals surface area contributed by atoms with E-state index in [4.69, 9.17) is 4.42 Å². The molecule has 24 heavy (non-hydrogen) atoms. The Labute approximate surface area is 142 Å². The van der Waals surface area contributed by atoms with Gasteiger partial charge >= 0.3 is 0 Å². The molecule has 1 amide bonds. The van der Waals surface area contributed by atoms with Gasteiger partial charge < -0.3 is 19.3 Å². The number of furan rings is 1. The third kappa shape index (κ3) is 4.24. The van der Waals surface area contributed by atoms with Crippen molar-refractivity contribution >= 4 is 5.91 Å². The molecule has 3 rings (SSSR count). The summed E-state index contributed by atoms with van der Waals surface area (Å²) in [5.74, 6) is 0.0370. The van der Waals surface area contributed by atoms with Crippen molar-refractivity contribution in [1.29, 1.82) is 0 Å². The number of rotatable bonds is 5. The molecule has 5 heteroatoms. The molecule has 1 aliphatic rings. The Morgan fingerprint density at radius 3 is 2.71 bits per heavy atom. The van der Waals surface area contributed by atoms with Gasteiger partial charge in [0.2, 0.25) is 0 Å². The van der Waals surface area contributed by atoms with Crippen molar-refractivity contribution in [2.45, 2.75) is 18.9 Å². The fourth-order valence-corrected chi connectivity index (χ4v) is 3.11. The van der Waals surface area contributed by atoms with E-state index in [9.17, 15) is 9.90 Å². The molecule has 2 heterocycles. The van der Waals surface area contributed by atoms with E-state index in [0.717, 1.165) is 38.2 Å². The van der Waals surface area contributed by atoms with Crippen LogP contribution in [0.1, 0.15) is 34.9 Å². The summed E-state index contributed by atoms with van der Waals surface area (Å²) in [7, 11) is 0. The number of aliphatic hydroxyl groups excluding tert-OH is 1. The van der Waals surface area contributed by atoms with Gasteiger partial charge in [0.05, 0.1) is 17.9 Å². The highest BCUT2D eigenvalue weighted by atomic mass is 16.3. The van der Waals surface area contributed by atoms with Gasteiger partial charge in [-0.1, -0.05) is 30.3 Å². The molecule has 0 saturated carbocycles. The molecule has 0 unspecified atom stereocenters. The van der Waals surface area contributed by atoms with Crippen LogP contribution in [0.3, 0.4) is 0 Å². The van der Waals surface area contributed by atoms with E-state index in [1.165, 1.54) is 12.5 Å². The molecule has 1 atom stereocenters. The van der Waals surface area contributed by atoms with Gasteiger partial charge in [0.25, 0.3) is 5.91 Å². The number of nitrogens with zero attached hydrogens (tertiary/aromatic N) is 2. The van der Waals surface area contributed by atoms with Gasteiger partial charge in [-0.05, 0) is 31.0 Å². The second kappa shape index (κ2) is 8.13. The van der Waals surface area contributed by atoms with Crippen molar-refractivity contribution in [2.75, 3.05) is 32.7 Å². The van der Waals surface area contributed by atoms with Gasteiger partial charge in [-0.25, -0.2) is 0 Å². The highest BCUT2D eigenvalue weighted by molar-refractivity contribution is 5.93. The number of hydrogen-bond acceptors (Lipinski definition) is 4. The lowest BCUT2D eigenvalue weighted by molar-refractivity contribution is 0.0758. The molecule has 1 aliphatic heterocycles. The first-order valence-electron chi connectivity index (χ1n) is 8.51. The molecular formula is C19H24N2O3. The van der Waals surface area contributed by atoms with E-state index in [-0.39, 0.29) is 5.91 Å². The maximum absolute atomic E-state index is 12.4. The van der Waals surface area contributed by atoms with E-state index >= 15 is 0 Å². The molecule has 5 nitrogen and oxygen atoms in total. The van der Waals surface area contributed by atoms with Crippen LogP contribution in [-0.4, -0.2) is 53.5 Å². The lowest BCUT2D eigenvalue weighted by Gasteiger charge is -2.22. The molecule has 0 spiro atoms. The highest BCUT2D eigenvalue weighted by Gasteiger charge is 2.21. The summed E-state index contributed by atoms with van der Waals surface area (Å²) >= 11 is 0. The molecule has 1 aromatic carbocycles. The smallest absolute Gasteiger partial charge is 0.257 e. The van der Waals surface area contributed by atoms with Crippen LogP contribution in [0.2, 0.25) is 0 Å². The molecule has 1 fully saturated rings. The van der Waals surface area contributed by atoms with Gasteiger partial charge in [-0.2, -0.15) is 0 Å². The minimum Gasteiger partial charge on any atom is -0.472 e. The zero-order chi connectivity index (χ0) is 16.8. The Morgan fingerprint density at radius 1 is 1.12 bits per heavy atom. The fourth-order valence-electron chi connectivity index (χ4n) is 3.11. The largest absolute Gasteiger partial charge is 0.472 e. The monoisotopic (exact) mass is 328 g/mol. The number of carbonyl (C=O) groups excluding carboxylic acids is 1. The zero-order valence-corrected chi connectivity index (χ0v) is 13.8. The quantitative estimate of drug-likeness (QED) is 0.916. The maximum atomic E-state index is 12.4. The Kier molecular flexibility index (Phi) is 5.67. The van der Waals surface area contributed by atoms with Crippen LogP contribution in [0.5, 0.6) is 0 Å². The van der Waals surface area contributed by atoms with Gasteiger partial charge in [0.15, 0.2) is 0 Å². The van der Waals surface area contributed by atoms with E-state index in [1.807, 2.05) is 35.2 Å². The predicted molar refractivity (Wildman–Crippen MR) is 91.7 cm³/mol. The normalized spacial score (nSPS) is 17.5. The topological polar surface area (TPSA) is 56.9 Å². The minimum atomic E-state index is -0.432. The number of hydrogen-bond donors (Lipinski definition) is 1. The second-order valence-corrected chi connectivity index (χ2v) is 6.21. The van der Waals surface area contributed by atoms with Crippen molar-refractivity contribution in [2.24, 2.45) is 0 Å². The number of benzene rings is 1. The molecule has 0 radical (unpaired) electrons. The van der Waals surface area contributed by atoms with Crippen LogP contribution >= 0.6 is 0 Å². The Balaban J connectivity index is 1.48. The molecule has 128 valence electrons. The highest BCUT2D eigenvalue weighted by Crippen LogP contribution is 2.17. The maximum Gasteiger partial charge on any atom is 0.257 e. The van der Waals surface area contributed by atoms with Crippen molar-refractivity contribution in [3.8, 4) is 0 Å². The third-order valence-corrected chi connectivity index (χ3v) is 4.55. The summed E-state index contributed by atoms with van der Waals surface area (Å²) in [6.07, 6.45) is 4.26. The van der Waals surface area contributed by atoms with E-state index in [1.54, 1.807) is 6.07 Å². The molecule has 1 saturated heterocycles. The number of aliphatic hydroxyl groups is 1. The van der Waals surface area contributed by atoms with Crippen LogP contribution in [0, 0.1) is 0 Å². The lowest BCUT2D eigenvalue weighted by Crippen LogP contribution is -2.35. The molecule has 0 aliphatic carbocycles. The summed E-state index contributed by atoms with van der Waals surface area (Å²) in [5.41, 5.74) is 1.58. The van der Waals surface area contributed by atoms with Gasteiger partial charge in [-0.3, -0.25) is 4.79 Å². The Hall–Kier alpha value is -2.11. The average molecular weight is 328 g/mol. The van der Waals surface area contributed by atoms with Gasteiger partial charge in [0, 0.05) is 26.2 Å². The Bertz CT molecular complexity index is 627. The molecular weight excluding hydrogens is 304 g/mol. The Morgan fingerprint density at radius 2 is 1.96 bits per heavy atom. The van der Waals surface area contributed by atoms with Crippen LogP contribution < -0.4 is 0 Å². The van der Waals surface area contributed by atoms with Crippen LogP contribution in [-0.2, 0) is 0 Å². The first kappa shape index (κ1) is 16.7. The van der Waals surface area contributed by atoms with Crippen LogP contribution in [0.4, 0.5) is 0 Å². The van der Waals surface area contributed by atoms with E-state index in [2.05, 4.69) is 4.90 Å². The van der Waals surface area contributed by atoms with Crippen molar-refractivity contribution in [3.05, 3.63) is 60.1 Å². The zero-order valence-electron chi connectivity index (χ0n) is 13.8. The second-order valence-electron chi connectivity index (χ2n) is 6.21. The lowest BCUT2D eigenvalue weighted by atomic mass is 10.1. The summed E-state index contributed by atoms with van der Waals surface area (Å²) in [5, 5.41) is 10.3. The summed E-state index contributed by atoms with van der Waals surface area (Å²) < 4.78 is 5.00. The van der Waals surface area contributed by atoms with Crippen molar-refractivity contribution in [1.82, 2.24) is 9.80 Å². The summed E-state index contributed by atoms with van der Waals surface area (Å²) in [6, 6.07) is 11.5.